The van der Waals surface area contributed by atoms with Crippen molar-refractivity contribution in [1.29, 1.82) is 0 Å². The molecule has 0 radical (unpaired) electrons. The highest BCUT2D eigenvalue weighted by Gasteiger charge is 2.23. The van der Waals surface area contributed by atoms with Crippen LogP contribution in [-0.4, -0.2) is 0 Å². The Morgan fingerprint density at radius 3 is 1.87 bits per heavy atom. The molecule has 4 rings (SSSR count). The van der Waals surface area contributed by atoms with E-state index in [-0.39, 0.29) is 0 Å². The van der Waals surface area contributed by atoms with Gasteiger partial charge in [0, 0.05) is 5.69 Å². The minimum Gasteiger partial charge on any atom is -0.378 e. The summed E-state index contributed by atoms with van der Waals surface area (Å²) in [5.41, 5.74) is 2.85. The van der Waals surface area contributed by atoms with Crippen molar-refractivity contribution in [2.45, 2.75) is 38.6 Å². The Morgan fingerprint density at radius 2 is 1.30 bits per heavy atom. The van der Waals surface area contributed by atoms with E-state index in [0.29, 0.717) is 6.04 Å². The molecule has 0 spiro atoms. The monoisotopic (exact) mass is 303 g/mol. The third kappa shape index (κ3) is 3.92. The molecule has 0 fully saturated rings. The molecule has 1 heteroatoms. The van der Waals surface area contributed by atoms with Gasteiger partial charge >= 0.3 is 0 Å². The molecule has 118 valence electrons. The molecule has 1 aliphatic rings. The lowest BCUT2D eigenvalue weighted by Crippen LogP contribution is -2.22. The lowest BCUT2D eigenvalue weighted by molar-refractivity contribution is 0.586. The van der Waals surface area contributed by atoms with Crippen LogP contribution >= 0.6 is 0 Å². The molecule has 1 aliphatic heterocycles. The lowest BCUT2D eigenvalue weighted by atomic mass is 9.92. The number of hydrogen-bond donors (Lipinski definition) is 1. The predicted molar refractivity (Wildman–Crippen MR) is 101 cm³/mol. The van der Waals surface area contributed by atoms with E-state index in [4.69, 9.17) is 0 Å². The van der Waals surface area contributed by atoms with Crippen LogP contribution in [0, 0.1) is 0 Å². The number of nitrogens with one attached hydrogen (secondary N) is 1. The summed E-state index contributed by atoms with van der Waals surface area (Å²) in [6, 6.07) is 26.0. The summed E-state index contributed by atoms with van der Waals surface area (Å²) < 4.78 is 0. The van der Waals surface area contributed by atoms with Crippen molar-refractivity contribution in [2.24, 2.45) is 0 Å². The maximum atomic E-state index is 3.48. The molecule has 0 amide bonds. The van der Waals surface area contributed by atoms with Gasteiger partial charge < -0.3 is 5.32 Å². The van der Waals surface area contributed by atoms with Crippen molar-refractivity contribution in [2.75, 3.05) is 5.32 Å². The zero-order chi connectivity index (χ0) is 15.9. The standard InChI is InChI=1S/C12H17N.C10H8/c1-2-3-4-8-11-10-7-5-6-9-12(10)13-11;1-2-6-10-8-4-3-7-9(10)5-1/h5-7,9,11,13H,2-4,8H2,1H3;1-8H. The third-order valence-corrected chi connectivity index (χ3v) is 4.42. The van der Waals surface area contributed by atoms with Gasteiger partial charge in [-0.2, -0.15) is 0 Å². The number of rotatable bonds is 4. The first-order chi connectivity index (χ1) is 11.4. The summed E-state index contributed by atoms with van der Waals surface area (Å²) in [5, 5.41) is 6.10. The Kier molecular flexibility index (Phi) is 5.31. The fourth-order valence-corrected chi connectivity index (χ4v) is 3.08. The van der Waals surface area contributed by atoms with Crippen LogP contribution in [0.5, 0.6) is 0 Å². The zero-order valence-electron chi connectivity index (χ0n) is 13.8. The molecule has 1 N–H and O–H groups in total. The number of benzene rings is 3. The Balaban J connectivity index is 0.000000140. The average Bonchev–Trinajstić information content (AvgIpc) is 2.60. The first kappa shape index (κ1) is 15.6. The minimum absolute atomic E-state index is 0.641. The zero-order valence-corrected chi connectivity index (χ0v) is 13.8. The number of unbranched alkanes of at least 4 members (excludes halogenated alkanes) is 2. The fourth-order valence-electron chi connectivity index (χ4n) is 3.08. The van der Waals surface area contributed by atoms with Crippen LogP contribution < -0.4 is 5.32 Å². The third-order valence-electron chi connectivity index (χ3n) is 4.42. The summed E-state index contributed by atoms with van der Waals surface area (Å²) >= 11 is 0. The summed E-state index contributed by atoms with van der Waals surface area (Å²) in [5.74, 6) is 0. The predicted octanol–water partition coefficient (Wildman–Crippen LogP) is 6.57. The van der Waals surface area contributed by atoms with Gasteiger partial charge in [0.05, 0.1) is 6.04 Å². The van der Waals surface area contributed by atoms with Crippen molar-refractivity contribution >= 4 is 16.5 Å². The van der Waals surface area contributed by atoms with Crippen molar-refractivity contribution in [1.82, 2.24) is 0 Å². The van der Waals surface area contributed by atoms with Crippen LogP contribution in [0.3, 0.4) is 0 Å². The Labute approximate surface area is 139 Å². The second-order valence-electron chi connectivity index (χ2n) is 6.13. The molecule has 1 unspecified atom stereocenters. The first-order valence-corrected chi connectivity index (χ1v) is 8.67. The SMILES string of the molecule is CCCCCC1Nc2ccccc21.c1ccc2ccccc2c1. The summed E-state index contributed by atoms with van der Waals surface area (Å²) in [7, 11) is 0. The summed E-state index contributed by atoms with van der Waals surface area (Å²) in [6.45, 7) is 2.25. The fraction of sp³-hybridized carbons (Fsp3) is 0.273. The summed E-state index contributed by atoms with van der Waals surface area (Å²) in [6.07, 6.45) is 5.32. The molecule has 23 heavy (non-hydrogen) atoms. The molecule has 3 aromatic carbocycles. The first-order valence-electron chi connectivity index (χ1n) is 8.67. The molecule has 0 aliphatic carbocycles. The highest BCUT2D eigenvalue weighted by Crippen LogP contribution is 2.38. The van der Waals surface area contributed by atoms with E-state index in [9.17, 15) is 0 Å². The van der Waals surface area contributed by atoms with Gasteiger partial charge in [0.15, 0.2) is 0 Å². The number of hydrogen-bond acceptors (Lipinski definition) is 1. The number of anilines is 1. The van der Waals surface area contributed by atoms with Gasteiger partial charge in [-0.25, -0.2) is 0 Å². The maximum Gasteiger partial charge on any atom is 0.0534 e. The second-order valence-corrected chi connectivity index (χ2v) is 6.13. The second kappa shape index (κ2) is 7.82. The van der Waals surface area contributed by atoms with E-state index in [0.717, 1.165) is 0 Å². The van der Waals surface area contributed by atoms with Gasteiger partial charge in [-0.1, -0.05) is 92.9 Å². The van der Waals surface area contributed by atoms with Crippen LogP contribution in [0.2, 0.25) is 0 Å². The van der Waals surface area contributed by atoms with Crippen LogP contribution in [-0.2, 0) is 0 Å². The van der Waals surface area contributed by atoms with E-state index in [1.807, 2.05) is 0 Å². The average molecular weight is 303 g/mol. The molecule has 1 heterocycles. The molecule has 0 saturated heterocycles. The van der Waals surface area contributed by atoms with Crippen molar-refractivity contribution < 1.29 is 0 Å². The van der Waals surface area contributed by atoms with Crippen molar-refractivity contribution in [3.63, 3.8) is 0 Å². The quantitative estimate of drug-likeness (QED) is 0.537. The summed E-state index contributed by atoms with van der Waals surface area (Å²) in [4.78, 5) is 0. The topological polar surface area (TPSA) is 12.0 Å². The maximum absolute atomic E-state index is 3.48. The van der Waals surface area contributed by atoms with Gasteiger partial charge in [-0.05, 0) is 28.8 Å². The molecular weight excluding hydrogens is 278 g/mol. The van der Waals surface area contributed by atoms with E-state index >= 15 is 0 Å². The lowest BCUT2D eigenvalue weighted by Gasteiger charge is -2.32. The van der Waals surface area contributed by atoms with Gasteiger partial charge in [-0.3, -0.25) is 0 Å². The van der Waals surface area contributed by atoms with Crippen LogP contribution in [0.1, 0.15) is 44.2 Å². The minimum atomic E-state index is 0.641. The van der Waals surface area contributed by atoms with Gasteiger partial charge in [0.25, 0.3) is 0 Å². The van der Waals surface area contributed by atoms with E-state index in [2.05, 4.69) is 85.0 Å². The van der Waals surface area contributed by atoms with Gasteiger partial charge in [0.1, 0.15) is 0 Å². The van der Waals surface area contributed by atoms with Crippen molar-refractivity contribution in [3.05, 3.63) is 78.4 Å². The molecule has 1 nitrogen and oxygen atoms in total. The van der Waals surface area contributed by atoms with Gasteiger partial charge in [-0.15, -0.1) is 0 Å². The van der Waals surface area contributed by atoms with E-state index in [1.165, 1.54) is 47.7 Å². The molecule has 3 aromatic rings. The normalized spacial score (nSPS) is 14.9. The Hall–Kier alpha value is -2.28. The molecular formula is C22H25N. The van der Waals surface area contributed by atoms with Crippen LogP contribution in [0.25, 0.3) is 10.8 Å². The van der Waals surface area contributed by atoms with Crippen LogP contribution in [0.15, 0.2) is 72.8 Å². The van der Waals surface area contributed by atoms with Crippen LogP contribution in [0.4, 0.5) is 5.69 Å². The largest absolute Gasteiger partial charge is 0.378 e. The molecule has 0 bridgehead atoms. The highest BCUT2D eigenvalue weighted by atomic mass is 15.0. The molecule has 0 aromatic heterocycles. The highest BCUT2D eigenvalue weighted by molar-refractivity contribution is 5.82. The Bertz CT molecular complexity index is 682. The molecule has 0 saturated carbocycles. The Morgan fingerprint density at radius 1 is 0.739 bits per heavy atom. The van der Waals surface area contributed by atoms with Gasteiger partial charge in [0.2, 0.25) is 0 Å². The number of para-hydroxylation sites is 1. The van der Waals surface area contributed by atoms with Crippen molar-refractivity contribution in [3.8, 4) is 0 Å². The number of fused-ring (bicyclic) bond motifs is 2. The van der Waals surface area contributed by atoms with E-state index < -0.39 is 0 Å². The van der Waals surface area contributed by atoms with E-state index in [1.54, 1.807) is 0 Å². The molecule has 1 atom stereocenters. The smallest absolute Gasteiger partial charge is 0.0534 e.